The predicted molar refractivity (Wildman–Crippen MR) is 128 cm³/mol. The molecule has 1 fully saturated rings. The van der Waals surface area contributed by atoms with Crippen molar-refractivity contribution in [1.29, 1.82) is 0 Å². The van der Waals surface area contributed by atoms with Crippen molar-refractivity contribution < 1.29 is 14.3 Å². The minimum absolute atomic E-state index is 0.206. The molecule has 0 unspecified atom stereocenters. The van der Waals surface area contributed by atoms with Crippen LogP contribution < -0.4 is 20.3 Å². The number of hydrogen-bond acceptors (Lipinski definition) is 3. The molecule has 2 aliphatic heterocycles. The number of carbonyl (C=O) groups is 2. The number of amides is 3. The topological polar surface area (TPSA) is 70.7 Å². The Hall–Kier alpha value is -3.80. The highest BCUT2D eigenvalue weighted by Gasteiger charge is 2.60. The second-order valence-electron chi connectivity index (χ2n) is 9.03. The van der Waals surface area contributed by atoms with Gasteiger partial charge in [0.05, 0.1) is 11.7 Å². The second kappa shape index (κ2) is 7.66. The standard InChI is InChI=1S/C27H27N3O3/c1-16-13-14-20(18(3)15-16)28-25(31)23-24-19-10-6-8-12-22(19)33-27(23,4)30(26(32)29-24)21-11-7-5-9-17(21)2/h5-15,23-24H,1-4H3,(H,28,31)(H,29,32)/t23-,24+,27+/m1/s1. The summed E-state index contributed by atoms with van der Waals surface area (Å²) in [5.74, 6) is -0.230. The summed E-state index contributed by atoms with van der Waals surface area (Å²) >= 11 is 0. The second-order valence-corrected chi connectivity index (χ2v) is 9.03. The van der Waals surface area contributed by atoms with E-state index in [-0.39, 0.29) is 11.9 Å². The molecule has 0 spiro atoms. The first kappa shape index (κ1) is 21.1. The summed E-state index contributed by atoms with van der Waals surface area (Å²) in [7, 11) is 0. The number of nitrogens with one attached hydrogen (secondary N) is 2. The van der Waals surface area contributed by atoms with Crippen molar-refractivity contribution in [2.75, 3.05) is 10.2 Å². The summed E-state index contributed by atoms with van der Waals surface area (Å²) < 4.78 is 6.51. The Morgan fingerprint density at radius 2 is 1.73 bits per heavy atom. The molecule has 2 bridgehead atoms. The van der Waals surface area contributed by atoms with Gasteiger partial charge in [-0.3, -0.25) is 9.69 Å². The molecule has 3 aromatic carbocycles. The fourth-order valence-corrected chi connectivity index (χ4v) is 5.07. The van der Waals surface area contributed by atoms with Gasteiger partial charge >= 0.3 is 6.03 Å². The molecule has 0 saturated carbocycles. The fraction of sp³-hybridized carbons (Fsp3) is 0.259. The minimum atomic E-state index is -1.23. The maximum Gasteiger partial charge on any atom is 0.325 e. The lowest BCUT2D eigenvalue weighted by Crippen LogP contribution is -2.72. The molecular weight excluding hydrogens is 414 g/mol. The highest BCUT2D eigenvalue weighted by molar-refractivity contribution is 6.02. The number of hydrogen-bond donors (Lipinski definition) is 2. The van der Waals surface area contributed by atoms with E-state index in [4.69, 9.17) is 4.74 Å². The van der Waals surface area contributed by atoms with Gasteiger partial charge < -0.3 is 15.4 Å². The van der Waals surface area contributed by atoms with Crippen molar-refractivity contribution in [3.8, 4) is 5.75 Å². The molecule has 0 radical (unpaired) electrons. The number of para-hydroxylation sites is 2. The molecule has 2 aliphatic rings. The summed E-state index contributed by atoms with van der Waals surface area (Å²) in [4.78, 5) is 28.8. The van der Waals surface area contributed by atoms with Crippen LogP contribution in [0.5, 0.6) is 5.75 Å². The monoisotopic (exact) mass is 441 g/mol. The average Bonchev–Trinajstić information content (AvgIpc) is 2.76. The highest BCUT2D eigenvalue weighted by Crippen LogP contribution is 2.50. The van der Waals surface area contributed by atoms with Gasteiger partial charge in [0.1, 0.15) is 11.7 Å². The van der Waals surface area contributed by atoms with Gasteiger partial charge in [-0.25, -0.2) is 4.79 Å². The molecule has 33 heavy (non-hydrogen) atoms. The van der Waals surface area contributed by atoms with E-state index in [1.54, 1.807) is 4.90 Å². The Balaban J connectivity index is 1.63. The van der Waals surface area contributed by atoms with Crippen molar-refractivity contribution in [3.05, 3.63) is 89.0 Å². The van der Waals surface area contributed by atoms with Crippen LogP contribution in [0, 0.1) is 26.7 Å². The third kappa shape index (κ3) is 3.33. The van der Waals surface area contributed by atoms with Crippen LogP contribution in [0.1, 0.15) is 35.2 Å². The van der Waals surface area contributed by atoms with Crippen LogP contribution in [0.2, 0.25) is 0 Å². The van der Waals surface area contributed by atoms with Crippen LogP contribution in [-0.2, 0) is 4.79 Å². The first-order valence-electron chi connectivity index (χ1n) is 11.1. The van der Waals surface area contributed by atoms with E-state index in [0.29, 0.717) is 11.4 Å². The molecule has 5 rings (SSSR count). The van der Waals surface area contributed by atoms with Crippen LogP contribution in [0.25, 0.3) is 0 Å². The first-order valence-corrected chi connectivity index (χ1v) is 11.1. The Bertz CT molecular complexity index is 1270. The lowest BCUT2D eigenvalue weighted by atomic mass is 9.78. The molecule has 2 N–H and O–H groups in total. The van der Waals surface area contributed by atoms with Crippen LogP contribution in [-0.4, -0.2) is 17.7 Å². The molecule has 168 valence electrons. The van der Waals surface area contributed by atoms with Crippen LogP contribution in [0.15, 0.2) is 66.7 Å². The number of ether oxygens (including phenoxy) is 1. The number of fused-ring (bicyclic) bond motifs is 4. The predicted octanol–water partition coefficient (Wildman–Crippen LogP) is 5.25. The maximum atomic E-state index is 13.8. The van der Waals surface area contributed by atoms with Crippen molar-refractivity contribution in [1.82, 2.24) is 5.32 Å². The van der Waals surface area contributed by atoms with Gasteiger partial charge in [-0.05, 0) is 57.0 Å². The van der Waals surface area contributed by atoms with Crippen LogP contribution >= 0.6 is 0 Å². The lowest BCUT2D eigenvalue weighted by Gasteiger charge is -2.54. The minimum Gasteiger partial charge on any atom is -0.466 e. The summed E-state index contributed by atoms with van der Waals surface area (Å²) in [5, 5.41) is 6.19. The number of benzene rings is 3. The summed E-state index contributed by atoms with van der Waals surface area (Å²) in [5.41, 5.74) is 4.06. The molecular formula is C27H27N3O3. The Kier molecular flexibility index (Phi) is 4.89. The third-order valence-electron chi connectivity index (χ3n) is 6.69. The van der Waals surface area contributed by atoms with E-state index >= 15 is 0 Å². The number of carbonyl (C=O) groups excluding carboxylic acids is 2. The van der Waals surface area contributed by atoms with Crippen molar-refractivity contribution >= 4 is 23.3 Å². The lowest BCUT2D eigenvalue weighted by molar-refractivity contribution is -0.131. The molecule has 3 atom stereocenters. The van der Waals surface area contributed by atoms with Crippen molar-refractivity contribution in [2.45, 2.75) is 39.5 Å². The van der Waals surface area contributed by atoms with E-state index in [1.165, 1.54) is 0 Å². The number of nitrogens with zero attached hydrogens (tertiary/aromatic N) is 1. The Morgan fingerprint density at radius 3 is 2.48 bits per heavy atom. The molecule has 2 heterocycles. The van der Waals surface area contributed by atoms with E-state index in [2.05, 4.69) is 10.6 Å². The molecule has 1 saturated heterocycles. The number of anilines is 2. The summed E-state index contributed by atoms with van der Waals surface area (Å²) in [6.07, 6.45) is 0. The van der Waals surface area contributed by atoms with Gasteiger partial charge in [0.2, 0.25) is 11.6 Å². The largest absolute Gasteiger partial charge is 0.466 e. The molecule has 6 nitrogen and oxygen atoms in total. The zero-order chi connectivity index (χ0) is 23.3. The van der Waals surface area contributed by atoms with Gasteiger partial charge in [-0.1, -0.05) is 54.1 Å². The SMILES string of the molecule is Cc1ccc(NC(=O)[C@H]2[C@H]3NC(=O)N(c4ccccc4C)[C@@]2(C)Oc2ccccc23)c(C)c1. The van der Waals surface area contributed by atoms with E-state index < -0.39 is 17.7 Å². The van der Waals surface area contributed by atoms with Crippen LogP contribution in [0.4, 0.5) is 16.2 Å². The Labute approximate surface area is 193 Å². The maximum absolute atomic E-state index is 13.8. The fourth-order valence-electron chi connectivity index (χ4n) is 5.07. The quantitative estimate of drug-likeness (QED) is 0.583. The van der Waals surface area contributed by atoms with Crippen LogP contribution in [0.3, 0.4) is 0 Å². The summed E-state index contributed by atoms with van der Waals surface area (Å²) in [6, 6.07) is 20.3. The molecule has 3 amide bonds. The highest BCUT2D eigenvalue weighted by atomic mass is 16.5. The first-order chi connectivity index (χ1) is 15.8. The zero-order valence-electron chi connectivity index (χ0n) is 19.2. The van der Waals surface area contributed by atoms with Crippen molar-refractivity contribution in [3.63, 3.8) is 0 Å². The number of rotatable bonds is 3. The molecule has 3 aromatic rings. The summed E-state index contributed by atoms with van der Waals surface area (Å²) in [6.45, 7) is 7.76. The van der Waals surface area contributed by atoms with E-state index in [1.807, 2.05) is 94.4 Å². The Morgan fingerprint density at radius 1 is 1.00 bits per heavy atom. The van der Waals surface area contributed by atoms with E-state index in [9.17, 15) is 9.59 Å². The third-order valence-corrected chi connectivity index (χ3v) is 6.69. The number of urea groups is 1. The van der Waals surface area contributed by atoms with E-state index in [0.717, 1.165) is 27.9 Å². The average molecular weight is 442 g/mol. The molecule has 0 aliphatic carbocycles. The number of aryl methyl sites for hydroxylation is 3. The normalized spacial score (nSPS) is 23.3. The molecule has 0 aromatic heterocycles. The van der Waals surface area contributed by atoms with Crippen molar-refractivity contribution in [2.24, 2.45) is 5.92 Å². The van der Waals surface area contributed by atoms with Gasteiger partial charge in [0, 0.05) is 11.3 Å². The van der Waals surface area contributed by atoms with Gasteiger partial charge in [0.15, 0.2) is 0 Å². The van der Waals surface area contributed by atoms with Gasteiger partial charge in [0.25, 0.3) is 0 Å². The zero-order valence-corrected chi connectivity index (χ0v) is 19.2. The van der Waals surface area contributed by atoms with Gasteiger partial charge in [-0.2, -0.15) is 0 Å². The smallest absolute Gasteiger partial charge is 0.325 e. The van der Waals surface area contributed by atoms with Gasteiger partial charge in [-0.15, -0.1) is 0 Å². The molecule has 6 heteroatoms.